The Balaban J connectivity index is 2.57. The van der Waals surface area contributed by atoms with Gasteiger partial charge in [0, 0.05) is 30.9 Å². The van der Waals surface area contributed by atoms with E-state index in [0.717, 1.165) is 5.70 Å². The number of urea groups is 1. The lowest BCUT2D eigenvalue weighted by Crippen LogP contribution is -2.39. The minimum atomic E-state index is -0.109. The number of amides is 2. The number of nitrogens with zero attached hydrogens (tertiary/aromatic N) is 2. The summed E-state index contributed by atoms with van der Waals surface area (Å²) in [4.78, 5) is 16.7. The highest BCUT2D eigenvalue weighted by atomic mass is 16.2. The molecule has 0 unspecified atom stereocenters. The van der Waals surface area contributed by atoms with Crippen LogP contribution in [0.25, 0.3) is 0 Å². The van der Waals surface area contributed by atoms with E-state index in [1.165, 1.54) is 0 Å². The molecule has 0 aromatic heterocycles. The maximum atomic E-state index is 11.3. The van der Waals surface area contributed by atoms with Crippen molar-refractivity contribution in [1.82, 2.24) is 10.2 Å². The molecule has 0 aromatic rings. The SMILES string of the molecule is C/C=N\C=C/N1CC=C(C)NC1=O. The van der Waals surface area contributed by atoms with Gasteiger partial charge in [0.25, 0.3) is 0 Å². The Bertz CT molecular complexity index is 279. The number of allylic oxidation sites excluding steroid dienone is 1. The molecule has 2 amide bonds. The second-order valence-corrected chi connectivity index (χ2v) is 2.68. The molecule has 0 saturated carbocycles. The Morgan fingerprint density at radius 1 is 1.69 bits per heavy atom. The highest BCUT2D eigenvalue weighted by Gasteiger charge is 2.13. The van der Waals surface area contributed by atoms with Crippen molar-refractivity contribution in [3.63, 3.8) is 0 Å². The molecule has 0 radical (unpaired) electrons. The van der Waals surface area contributed by atoms with Crippen LogP contribution >= 0.6 is 0 Å². The molecule has 1 N–H and O–H groups in total. The predicted molar refractivity (Wildman–Crippen MR) is 52.3 cm³/mol. The third-order valence-corrected chi connectivity index (χ3v) is 1.64. The van der Waals surface area contributed by atoms with Gasteiger partial charge in [-0.2, -0.15) is 0 Å². The second kappa shape index (κ2) is 4.45. The van der Waals surface area contributed by atoms with Gasteiger partial charge >= 0.3 is 6.03 Å². The molecule has 4 heteroatoms. The minimum Gasteiger partial charge on any atom is -0.312 e. The molecule has 0 atom stereocenters. The van der Waals surface area contributed by atoms with Gasteiger partial charge in [-0.1, -0.05) is 0 Å². The van der Waals surface area contributed by atoms with Crippen molar-refractivity contribution in [3.8, 4) is 0 Å². The lowest BCUT2D eigenvalue weighted by Gasteiger charge is -2.22. The van der Waals surface area contributed by atoms with Crippen molar-refractivity contribution in [2.24, 2.45) is 4.99 Å². The van der Waals surface area contributed by atoms with Crippen molar-refractivity contribution in [2.45, 2.75) is 13.8 Å². The maximum Gasteiger partial charge on any atom is 0.325 e. The molecular formula is C9H13N3O. The lowest BCUT2D eigenvalue weighted by atomic mass is 10.3. The quantitative estimate of drug-likeness (QED) is 0.641. The number of aliphatic imine (C=N–C) groups is 1. The fourth-order valence-electron chi connectivity index (χ4n) is 0.943. The summed E-state index contributed by atoms with van der Waals surface area (Å²) in [6.07, 6.45) is 6.85. The lowest BCUT2D eigenvalue weighted by molar-refractivity contribution is 0.219. The van der Waals surface area contributed by atoms with E-state index in [0.29, 0.717) is 6.54 Å². The van der Waals surface area contributed by atoms with E-state index in [-0.39, 0.29) is 6.03 Å². The van der Waals surface area contributed by atoms with Gasteiger partial charge in [-0.05, 0) is 19.9 Å². The van der Waals surface area contributed by atoms with Gasteiger partial charge in [-0.15, -0.1) is 0 Å². The molecule has 0 spiro atoms. The first-order valence-electron chi connectivity index (χ1n) is 4.13. The van der Waals surface area contributed by atoms with Gasteiger partial charge in [0.15, 0.2) is 0 Å². The number of hydrogen-bond acceptors (Lipinski definition) is 2. The first-order valence-corrected chi connectivity index (χ1v) is 4.13. The standard InChI is InChI=1S/C9H13N3O/c1-3-10-5-7-12-6-4-8(2)11-9(12)13/h3-5,7H,6H2,1-2H3,(H,11,13)/b7-5-,10-3-. The van der Waals surface area contributed by atoms with Gasteiger partial charge < -0.3 is 5.32 Å². The molecule has 70 valence electrons. The Morgan fingerprint density at radius 2 is 2.46 bits per heavy atom. The Hall–Kier alpha value is -1.58. The number of carbonyl (C=O) groups excluding carboxylic acids is 1. The molecule has 13 heavy (non-hydrogen) atoms. The monoisotopic (exact) mass is 179 g/mol. The van der Waals surface area contributed by atoms with E-state index in [9.17, 15) is 4.79 Å². The van der Waals surface area contributed by atoms with Gasteiger partial charge in [-0.3, -0.25) is 9.89 Å². The average Bonchev–Trinajstić information content (AvgIpc) is 2.09. The summed E-state index contributed by atoms with van der Waals surface area (Å²) in [6.45, 7) is 4.29. The zero-order valence-electron chi connectivity index (χ0n) is 7.82. The highest BCUT2D eigenvalue weighted by Crippen LogP contribution is 2.02. The zero-order chi connectivity index (χ0) is 9.68. The van der Waals surface area contributed by atoms with E-state index in [4.69, 9.17) is 0 Å². The van der Waals surface area contributed by atoms with Crippen LogP contribution in [0.2, 0.25) is 0 Å². The van der Waals surface area contributed by atoms with Crippen LogP contribution in [-0.2, 0) is 0 Å². The maximum absolute atomic E-state index is 11.3. The number of hydrogen-bond donors (Lipinski definition) is 1. The molecule has 0 aromatic carbocycles. The van der Waals surface area contributed by atoms with Gasteiger partial charge in [0.2, 0.25) is 0 Å². The van der Waals surface area contributed by atoms with Gasteiger partial charge in [-0.25, -0.2) is 4.79 Å². The fourth-order valence-corrected chi connectivity index (χ4v) is 0.943. The molecule has 0 saturated heterocycles. The first-order chi connectivity index (χ1) is 6.24. The summed E-state index contributed by atoms with van der Waals surface area (Å²) in [6, 6.07) is -0.109. The van der Waals surface area contributed by atoms with Crippen LogP contribution in [-0.4, -0.2) is 23.7 Å². The molecular weight excluding hydrogens is 166 g/mol. The van der Waals surface area contributed by atoms with Crippen LogP contribution in [0.4, 0.5) is 4.79 Å². The largest absolute Gasteiger partial charge is 0.325 e. The number of rotatable bonds is 2. The molecule has 1 aliphatic heterocycles. The Morgan fingerprint density at radius 3 is 3.08 bits per heavy atom. The van der Waals surface area contributed by atoms with Crippen molar-refractivity contribution in [3.05, 3.63) is 24.2 Å². The highest BCUT2D eigenvalue weighted by molar-refractivity contribution is 5.78. The van der Waals surface area contributed by atoms with Gasteiger partial charge in [0.05, 0.1) is 0 Å². The molecule has 1 heterocycles. The number of nitrogens with one attached hydrogen (secondary N) is 1. The molecule has 4 nitrogen and oxygen atoms in total. The van der Waals surface area contributed by atoms with Crippen molar-refractivity contribution >= 4 is 12.2 Å². The minimum absolute atomic E-state index is 0.109. The van der Waals surface area contributed by atoms with E-state index in [1.54, 1.807) is 23.5 Å². The predicted octanol–water partition coefficient (Wildman–Crippen LogP) is 1.48. The van der Waals surface area contributed by atoms with Crippen LogP contribution in [0.1, 0.15) is 13.8 Å². The third-order valence-electron chi connectivity index (χ3n) is 1.64. The van der Waals surface area contributed by atoms with E-state index >= 15 is 0 Å². The third kappa shape index (κ3) is 2.74. The van der Waals surface area contributed by atoms with E-state index < -0.39 is 0 Å². The van der Waals surface area contributed by atoms with Crippen LogP contribution in [0, 0.1) is 0 Å². The zero-order valence-corrected chi connectivity index (χ0v) is 7.82. The second-order valence-electron chi connectivity index (χ2n) is 2.68. The summed E-state index contributed by atoms with van der Waals surface area (Å²) in [7, 11) is 0. The van der Waals surface area contributed by atoms with Gasteiger partial charge in [0.1, 0.15) is 0 Å². The molecule has 1 aliphatic rings. The number of carbonyl (C=O) groups is 1. The molecule has 1 rings (SSSR count). The Kier molecular flexibility index (Phi) is 3.25. The summed E-state index contributed by atoms with van der Waals surface area (Å²) in [5, 5.41) is 2.70. The average molecular weight is 179 g/mol. The van der Waals surface area contributed by atoms with Crippen LogP contribution in [0.15, 0.2) is 29.2 Å². The molecule has 0 fully saturated rings. The summed E-state index contributed by atoms with van der Waals surface area (Å²) >= 11 is 0. The van der Waals surface area contributed by atoms with Crippen LogP contribution in [0.3, 0.4) is 0 Å². The van der Waals surface area contributed by atoms with Crippen molar-refractivity contribution < 1.29 is 4.79 Å². The topological polar surface area (TPSA) is 44.7 Å². The summed E-state index contributed by atoms with van der Waals surface area (Å²) < 4.78 is 0. The normalized spacial score (nSPS) is 18.2. The van der Waals surface area contributed by atoms with Crippen molar-refractivity contribution in [2.75, 3.05) is 6.54 Å². The van der Waals surface area contributed by atoms with Crippen molar-refractivity contribution in [1.29, 1.82) is 0 Å². The molecule has 0 bridgehead atoms. The van der Waals surface area contributed by atoms with Crippen LogP contribution in [0.5, 0.6) is 0 Å². The first kappa shape index (κ1) is 9.51. The molecule has 0 aliphatic carbocycles. The smallest absolute Gasteiger partial charge is 0.312 e. The van der Waals surface area contributed by atoms with E-state index in [1.807, 2.05) is 19.9 Å². The van der Waals surface area contributed by atoms with Crippen LogP contribution < -0.4 is 5.32 Å². The van der Waals surface area contributed by atoms with E-state index in [2.05, 4.69) is 10.3 Å². The Labute approximate surface area is 77.6 Å². The summed E-state index contributed by atoms with van der Waals surface area (Å²) in [5.41, 5.74) is 0.897. The fraction of sp³-hybridized carbons (Fsp3) is 0.333. The summed E-state index contributed by atoms with van der Waals surface area (Å²) in [5.74, 6) is 0.